The van der Waals surface area contributed by atoms with Crippen LogP contribution in [-0.4, -0.2) is 6.29 Å². The van der Waals surface area contributed by atoms with Gasteiger partial charge in [0.2, 0.25) is 0 Å². The zero-order chi connectivity index (χ0) is 8.36. The van der Waals surface area contributed by atoms with Gasteiger partial charge in [0.1, 0.15) is 6.29 Å². The molecule has 0 rings (SSSR count). The third-order valence-corrected chi connectivity index (χ3v) is 0.856. The molecule has 0 aromatic carbocycles. The van der Waals surface area contributed by atoms with Gasteiger partial charge >= 0.3 is 0 Å². The number of aldehydes is 1. The van der Waals surface area contributed by atoms with Crippen LogP contribution in [0.5, 0.6) is 0 Å². The van der Waals surface area contributed by atoms with Gasteiger partial charge in [0.05, 0.1) is 0 Å². The molecule has 1 nitrogen and oxygen atoms in total. The van der Waals surface area contributed by atoms with E-state index >= 15 is 0 Å². The minimum absolute atomic E-state index is 0.689. The lowest BCUT2D eigenvalue weighted by atomic mass is 10.3. The van der Waals surface area contributed by atoms with Gasteiger partial charge in [0, 0.05) is 6.42 Å². The minimum Gasteiger partial charge on any atom is -0.299 e. The predicted molar refractivity (Wildman–Crippen MR) is 45.7 cm³/mol. The maximum Gasteiger partial charge on any atom is 0.143 e. The Morgan fingerprint density at radius 1 is 1.36 bits per heavy atom. The van der Waals surface area contributed by atoms with Crippen LogP contribution in [-0.2, 0) is 4.79 Å². The molecule has 1 heteroatoms. The molecular weight excluding hydrogens is 136 g/mol. The largest absolute Gasteiger partial charge is 0.299 e. The molecular formula is C10H10O. The minimum atomic E-state index is 0.689. The average Bonchev–Trinajstić information content (AvgIpc) is 2.03. The first-order valence-electron chi connectivity index (χ1n) is 3.50. The van der Waals surface area contributed by atoms with E-state index in [1.807, 2.05) is 0 Å². The summed E-state index contributed by atoms with van der Waals surface area (Å²) in [6, 6.07) is 0. The number of unbranched alkanes of at least 4 members (excludes halogenated alkanes) is 1. The van der Waals surface area contributed by atoms with Crippen LogP contribution in [0.15, 0.2) is 12.2 Å². The Kier molecular flexibility index (Phi) is 7.39. The Labute approximate surface area is 67.5 Å². The summed E-state index contributed by atoms with van der Waals surface area (Å²) in [5, 5.41) is 0. The van der Waals surface area contributed by atoms with E-state index in [4.69, 9.17) is 0 Å². The van der Waals surface area contributed by atoms with Gasteiger partial charge in [-0.2, -0.15) is 0 Å². The average molecular weight is 146 g/mol. The molecule has 0 unspecified atom stereocenters. The fraction of sp³-hybridized carbons (Fsp3) is 0.300. The molecule has 11 heavy (non-hydrogen) atoms. The number of carbonyl (C=O) groups excluding carboxylic acids is 1. The van der Waals surface area contributed by atoms with Gasteiger partial charge < -0.3 is 0 Å². The number of carbonyl (C=O) groups is 1. The lowest BCUT2D eigenvalue weighted by molar-refractivity contribution is -0.104. The smallest absolute Gasteiger partial charge is 0.143 e. The second-order valence-corrected chi connectivity index (χ2v) is 1.82. The Balaban J connectivity index is 3.65. The lowest BCUT2D eigenvalue weighted by Crippen LogP contribution is -1.60. The highest BCUT2D eigenvalue weighted by Gasteiger charge is 1.66. The maximum absolute atomic E-state index is 9.75. The molecule has 0 aliphatic rings. The van der Waals surface area contributed by atoms with E-state index in [1.165, 1.54) is 12.2 Å². The molecule has 0 aliphatic heterocycles. The standard InChI is InChI=1S/C10H10O/c1-2-3-4-5-6-7-8-9-10-11/h8-10H,2-3H2,1H3/b9-8+. The third-order valence-electron chi connectivity index (χ3n) is 0.856. The monoisotopic (exact) mass is 146 g/mol. The highest BCUT2D eigenvalue weighted by molar-refractivity contribution is 5.65. The molecule has 0 atom stereocenters. The Morgan fingerprint density at radius 2 is 2.18 bits per heavy atom. The van der Waals surface area contributed by atoms with Crippen molar-refractivity contribution >= 4 is 6.29 Å². The van der Waals surface area contributed by atoms with Crippen LogP contribution in [0.1, 0.15) is 19.8 Å². The predicted octanol–water partition coefficient (Wildman–Crippen LogP) is 1.55. The van der Waals surface area contributed by atoms with Crippen LogP contribution < -0.4 is 0 Å². The number of allylic oxidation sites excluding steroid dienone is 2. The Morgan fingerprint density at radius 3 is 2.82 bits per heavy atom. The summed E-state index contributed by atoms with van der Waals surface area (Å²) >= 11 is 0. The molecule has 0 fully saturated rings. The molecule has 0 amide bonds. The van der Waals surface area contributed by atoms with Gasteiger partial charge in [-0.05, 0) is 30.4 Å². The van der Waals surface area contributed by atoms with E-state index in [-0.39, 0.29) is 0 Å². The first-order valence-corrected chi connectivity index (χ1v) is 3.50. The van der Waals surface area contributed by atoms with Gasteiger partial charge in [-0.25, -0.2) is 0 Å². The fourth-order valence-electron chi connectivity index (χ4n) is 0.397. The van der Waals surface area contributed by atoms with Crippen molar-refractivity contribution in [2.45, 2.75) is 19.8 Å². The molecule has 0 N–H and O–H groups in total. The van der Waals surface area contributed by atoms with E-state index in [9.17, 15) is 4.79 Å². The molecule has 0 aromatic rings. The van der Waals surface area contributed by atoms with Crippen molar-refractivity contribution in [3.63, 3.8) is 0 Å². The van der Waals surface area contributed by atoms with E-state index in [2.05, 4.69) is 30.6 Å². The van der Waals surface area contributed by atoms with Crippen molar-refractivity contribution in [1.82, 2.24) is 0 Å². The molecule has 0 heterocycles. The van der Waals surface area contributed by atoms with Crippen LogP contribution in [0, 0.1) is 23.7 Å². The molecule has 0 saturated heterocycles. The van der Waals surface area contributed by atoms with E-state index in [0.717, 1.165) is 12.8 Å². The van der Waals surface area contributed by atoms with Crippen molar-refractivity contribution < 1.29 is 4.79 Å². The zero-order valence-electron chi connectivity index (χ0n) is 6.55. The highest BCUT2D eigenvalue weighted by Crippen LogP contribution is 1.79. The molecule has 0 spiro atoms. The molecule has 0 aromatic heterocycles. The van der Waals surface area contributed by atoms with Crippen LogP contribution in [0.3, 0.4) is 0 Å². The van der Waals surface area contributed by atoms with E-state index < -0.39 is 0 Å². The summed E-state index contributed by atoms with van der Waals surface area (Å²) in [5.41, 5.74) is 0. The summed E-state index contributed by atoms with van der Waals surface area (Å²) in [4.78, 5) is 9.75. The van der Waals surface area contributed by atoms with E-state index in [1.54, 1.807) is 0 Å². The fourth-order valence-corrected chi connectivity index (χ4v) is 0.397. The SMILES string of the molecule is CCCC#CC#C/C=C/C=O. The number of hydrogen-bond acceptors (Lipinski definition) is 1. The van der Waals surface area contributed by atoms with Crippen molar-refractivity contribution in [2.24, 2.45) is 0 Å². The van der Waals surface area contributed by atoms with Crippen LogP contribution in [0.4, 0.5) is 0 Å². The van der Waals surface area contributed by atoms with Crippen LogP contribution >= 0.6 is 0 Å². The highest BCUT2D eigenvalue weighted by atomic mass is 16.1. The molecule has 0 radical (unpaired) electrons. The third kappa shape index (κ3) is 8.53. The second kappa shape index (κ2) is 8.53. The number of rotatable bonds is 2. The van der Waals surface area contributed by atoms with Crippen molar-refractivity contribution in [3.05, 3.63) is 12.2 Å². The van der Waals surface area contributed by atoms with Crippen LogP contribution in [0.2, 0.25) is 0 Å². The molecule has 0 bridgehead atoms. The van der Waals surface area contributed by atoms with Gasteiger partial charge in [0.25, 0.3) is 0 Å². The molecule has 0 aliphatic carbocycles. The first kappa shape index (κ1) is 9.53. The van der Waals surface area contributed by atoms with Gasteiger partial charge in [-0.3, -0.25) is 4.79 Å². The molecule has 0 saturated carbocycles. The topological polar surface area (TPSA) is 17.1 Å². The lowest BCUT2D eigenvalue weighted by Gasteiger charge is -1.72. The van der Waals surface area contributed by atoms with Gasteiger partial charge in [-0.15, -0.1) is 0 Å². The Hall–Kier alpha value is -1.47. The quantitative estimate of drug-likeness (QED) is 0.328. The first-order chi connectivity index (χ1) is 5.41. The molecule has 56 valence electrons. The second-order valence-electron chi connectivity index (χ2n) is 1.82. The summed E-state index contributed by atoms with van der Waals surface area (Å²) < 4.78 is 0. The maximum atomic E-state index is 9.75. The van der Waals surface area contributed by atoms with Crippen molar-refractivity contribution in [1.29, 1.82) is 0 Å². The van der Waals surface area contributed by atoms with Crippen molar-refractivity contribution in [3.8, 4) is 23.7 Å². The van der Waals surface area contributed by atoms with E-state index in [0.29, 0.717) is 6.29 Å². The Bertz CT molecular complexity index is 240. The van der Waals surface area contributed by atoms with Gasteiger partial charge in [-0.1, -0.05) is 18.8 Å². The van der Waals surface area contributed by atoms with Crippen molar-refractivity contribution in [2.75, 3.05) is 0 Å². The number of hydrogen-bond donors (Lipinski definition) is 0. The normalized spacial score (nSPS) is 7.73. The zero-order valence-corrected chi connectivity index (χ0v) is 6.55. The van der Waals surface area contributed by atoms with Crippen LogP contribution in [0.25, 0.3) is 0 Å². The van der Waals surface area contributed by atoms with Gasteiger partial charge in [0.15, 0.2) is 0 Å². The summed E-state index contributed by atoms with van der Waals surface area (Å²) in [6.07, 6.45) is 5.45. The summed E-state index contributed by atoms with van der Waals surface area (Å²) in [7, 11) is 0. The summed E-state index contributed by atoms with van der Waals surface area (Å²) in [5.74, 6) is 10.7. The summed E-state index contributed by atoms with van der Waals surface area (Å²) in [6.45, 7) is 2.06.